The molecule has 1 aromatic carbocycles. The number of alkyl halides is 3. The van der Waals surface area contributed by atoms with E-state index in [1.165, 1.54) is 0 Å². The maximum Gasteiger partial charge on any atom is 0.410 e. The quantitative estimate of drug-likeness (QED) is 0.537. The Balaban J connectivity index is 0.00000456. The summed E-state index contributed by atoms with van der Waals surface area (Å²) in [6.45, 7) is 6.19. The Morgan fingerprint density at radius 3 is 2.29 bits per heavy atom. The largest absolute Gasteiger partial charge is 0.493 e. The molecule has 3 rings (SSSR count). The first-order valence-electron chi connectivity index (χ1n) is 12.1. The molecule has 1 N–H and O–H groups in total. The number of hydrogen-bond acceptors (Lipinski definition) is 4. The molecule has 2 amide bonds. The summed E-state index contributed by atoms with van der Waals surface area (Å²) in [4.78, 5) is 25.9. The zero-order chi connectivity index (χ0) is 25.6. The molecule has 1 aromatic rings. The highest BCUT2D eigenvalue weighted by molar-refractivity contribution is 5.80. The van der Waals surface area contributed by atoms with E-state index in [1.54, 1.807) is 4.90 Å². The van der Waals surface area contributed by atoms with E-state index >= 15 is 0 Å². The van der Waals surface area contributed by atoms with Gasteiger partial charge in [0.25, 0.3) is 0 Å². The first-order chi connectivity index (χ1) is 16.4. The number of carbonyl (C=O) groups is 2. The van der Waals surface area contributed by atoms with Crippen molar-refractivity contribution in [3.63, 3.8) is 0 Å². The topological polar surface area (TPSA) is 67.9 Å². The Bertz CT molecular complexity index is 905. The van der Waals surface area contributed by atoms with Crippen LogP contribution in [-0.2, 0) is 9.53 Å². The van der Waals surface area contributed by atoms with Gasteiger partial charge in [0.1, 0.15) is 17.9 Å². The highest BCUT2D eigenvalue weighted by atomic mass is 19.4. The summed E-state index contributed by atoms with van der Waals surface area (Å²) in [6, 6.07) is 7.76. The summed E-state index contributed by atoms with van der Waals surface area (Å²) in [5.41, 5.74) is 1.62. The summed E-state index contributed by atoms with van der Waals surface area (Å²) in [5, 5.41) is 1.98. The highest BCUT2D eigenvalue weighted by Gasteiger charge is 2.30. The summed E-state index contributed by atoms with van der Waals surface area (Å²) >= 11 is 0. The van der Waals surface area contributed by atoms with E-state index in [-0.39, 0.29) is 7.52 Å². The van der Waals surface area contributed by atoms with Gasteiger partial charge >= 0.3 is 12.3 Å². The molecule has 1 atom stereocenters. The molecule has 0 radical (unpaired) electrons. The van der Waals surface area contributed by atoms with Gasteiger partial charge in [0.2, 0.25) is 5.91 Å². The second kappa shape index (κ2) is 11.4. The Labute approximate surface area is 206 Å². The van der Waals surface area contributed by atoms with Crippen LogP contribution in [0.15, 0.2) is 30.3 Å². The lowest BCUT2D eigenvalue weighted by Crippen LogP contribution is -2.42. The fourth-order valence-electron chi connectivity index (χ4n) is 4.25. The number of carbonyl (C=O) groups excluding carboxylic acids is 2. The van der Waals surface area contributed by atoms with Crippen LogP contribution in [0.2, 0.25) is 0 Å². The minimum atomic E-state index is -4.40. The van der Waals surface area contributed by atoms with Crippen LogP contribution in [0.3, 0.4) is 0 Å². The van der Waals surface area contributed by atoms with E-state index in [0.29, 0.717) is 44.9 Å². The van der Waals surface area contributed by atoms with Gasteiger partial charge in [-0.1, -0.05) is 18.2 Å². The van der Waals surface area contributed by atoms with Crippen LogP contribution in [-0.4, -0.2) is 54.9 Å². The van der Waals surface area contributed by atoms with Crippen molar-refractivity contribution in [3.8, 4) is 5.75 Å². The molecule has 9 heteroatoms. The molecule has 6 nitrogen and oxygen atoms in total. The van der Waals surface area contributed by atoms with Gasteiger partial charge in [-0.25, -0.2) is 4.79 Å². The Kier molecular flexibility index (Phi) is 8.72. The zero-order valence-electron chi connectivity index (χ0n) is 20.6. The van der Waals surface area contributed by atoms with Gasteiger partial charge in [-0.2, -0.15) is 13.2 Å². The molecule has 1 heterocycles. The van der Waals surface area contributed by atoms with E-state index < -0.39 is 30.1 Å². The van der Waals surface area contributed by atoms with Gasteiger partial charge in [-0.3, -0.25) is 4.79 Å². The zero-order valence-corrected chi connectivity index (χ0v) is 20.6. The molecule has 1 unspecified atom stereocenters. The van der Waals surface area contributed by atoms with Gasteiger partial charge in [-0.15, -0.1) is 0 Å². The molecule has 0 spiro atoms. The number of benzene rings is 1. The van der Waals surface area contributed by atoms with Crippen LogP contribution < -0.4 is 10.1 Å². The molecule has 196 valence electrons. The lowest BCUT2D eigenvalue weighted by Gasteiger charge is -2.33. The minimum Gasteiger partial charge on any atom is -0.493 e. The van der Waals surface area contributed by atoms with E-state index in [1.807, 2.05) is 56.4 Å². The van der Waals surface area contributed by atoms with E-state index in [4.69, 9.17) is 9.47 Å². The van der Waals surface area contributed by atoms with Crippen molar-refractivity contribution < 1.29 is 33.7 Å². The number of likely N-dealkylation sites (tertiary alicyclic amines) is 1. The van der Waals surface area contributed by atoms with Crippen molar-refractivity contribution in [2.45, 2.75) is 64.7 Å². The maximum atomic E-state index is 12.3. The maximum absolute atomic E-state index is 12.3. The number of halogens is 3. The van der Waals surface area contributed by atoms with E-state index in [2.05, 4.69) is 0 Å². The Morgan fingerprint density at radius 2 is 1.74 bits per heavy atom. The Hall–Kier alpha value is -2.71. The number of nitrogens with zero attached hydrogens (tertiary/aromatic N) is 1. The first kappa shape index (κ1) is 26.9. The van der Waals surface area contributed by atoms with Crippen LogP contribution in [0.4, 0.5) is 18.0 Å². The molecule has 1 aliphatic carbocycles. The SMILES string of the molecule is CC(C)(C)OC(=O)N1CCC(COc2ccc(C3=CCC(C(=O)NCC(F)(F)F)CC3)cc2)CC1.[HH]. The predicted molar refractivity (Wildman–Crippen MR) is 129 cm³/mol. The second-order valence-corrected chi connectivity index (χ2v) is 10.3. The minimum absolute atomic E-state index is 0. The molecular weight excluding hydrogens is 461 g/mol. The van der Waals surface area contributed by atoms with Crippen LogP contribution in [0.1, 0.15) is 59.9 Å². The fourth-order valence-corrected chi connectivity index (χ4v) is 4.25. The standard InChI is InChI=1S/C26H35F3N2O4.H2/c1-25(2,3)35-24(33)31-14-12-18(13-15-31)16-34-22-10-8-20(9-11-22)19-4-6-21(7-5-19)23(32)30-17-26(27,28)29;/h4,8-11,18,21H,5-7,12-17H2,1-3H3,(H,30,32);1H. The fraction of sp³-hybridized carbons (Fsp3) is 0.615. The van der Waals surface area contributed by atoms with E-state index in [0.717, 1.165) is 29.7 Å². The lowest BCUT2D eigenvalue weighted by atomic mass is 9.86. The third-order valence-corrected chi connectivity index (χ3v) is 6.22. The monoisotopic (exact) mass is 498 g/mol. The number of piperidine rings is 1. The summed E-state index contributed by atoms with van der Waals surface area (Å²) in [7, 11) is 0. The first-order valence-corrected chi connectivity index (χ1v) is 12.1. The van der Waals surface area contributed by atoms with Crippen molar-refractivity contribution in [2.24, 2.45) is 11.8 Å². The second-order valence-electron chi connectivity index (χ2n) is 10.3. The van der Waals surface area contributed by atoms with Crippen molar-refractivity contribution in [2.75, 3.05) is 26.2 Å². The van der Waals surface area contributed by atoms with Crippen molar-refractivity contribution in [1.29, 1.82) is 0 Å². The summed E-state index contributed by atoms with van der Waals surface area (Å²) in [6.07, 6.45) is 0.597. The van der Waals surface area contributed by atoms with Gasteiger partial charge in [0, 0.05) is 20.4 Å². The molecule has 0 bridgehead atoms. The molecule has 1 saturated heterocycles. The molecule has 0 saturated carbocycles. The normalized spacial score (nSPS) is 19.7. The van der Waals surface area contributed by atoms with Gasteiger partial charge in [0.05, 0.1) is 6.61 Å². The van der Waals surface area contributed by atoms with Gasteiger partial charge < -0.3 is 19.7 Å². The number of allylic oxidation sites excluding steroid dienone is 2. The predicted octanol–water partition coefficient (Wildman–Crippen LogP) is 5.82. The van der Waals surface area contributed by atoms with Crippen LogP contribution in [0.25, 0.3) is 5.57 Å². The highest BCUT2D eigenvalue weighted by Crippen LogP contribution is 2.31. The van der Waals surface area contributed by atoms with E-state index in [9.17, 15) is 22.8 Å². The van der Waals surface area contributed by atoms with Crippen molar-refractivity contribution in [3.05, 3.63) is 35.9 Å². The molecular formula is C26H37F3N2O4. The molecule has 0 aromatic heterocycles. The molecule has 1 fully saturated rings. The average Bonchev–Trinajstić information content (AvgIpc) is 2.80. The van der Waals surface area contributed by atoms with Gasteiger partial charge in [-0.05, 0) is 82.1 Å². The number of amides is 2. The number of rotatable bonds is 6. The van der Waals surface area contributed by atoms with Crippen molar-refractivity contribution >= 4 is 17.6 Å². The van der Waals surface area contributed by atoms with Crippen LogP contribution >= 0.6 is 0 Å². The van der Waals surface area contributed by atoms with Crippen molar-refractivity contribution in [1.82, 2.24) is 10.2 Å². The third-order valence-electron chi connectivity index (χ3n) is 6.22. The van der Waals surface area contributed by atoms with Gasteiger partial charge in [0.15, 0.2) is 0 Å². The molecule has 1 aliphatic heterocycles. The van der Waals surface area contributed by atoms with Crippen LogP contribution in [0, 0.1) is 11.8 Å². The molecule has 2 aliphatic rings. The average molecular weight is 499 g/mol. The smallest absolute Gasteiger partial charge is 0.410 e. The summed E-state index contributed by atoms with van der Waals surface area (Å²) < 4.78 is 48.3. The van der Waals surface area contributed by atoms with Crippen LogP contribution in [0.5, 0.6) is 5.75 Å². The number of ether oxygens (including phenoxy) is 2. The third kappa shape index (κ3) is 8.78. The number of nitrogens with one attached hydrogen (secondary N) is 1. The molecule has 35 heavy (non-hydrogen) atoms. The summed E-state index contributed by atoms with van der Waals surface area (Å²) in [5.74, 6) is 0.169. The lowest BCUT2D eigenvalue weighted by molar-refractivity contribution is -0.140. The number of hydrogen-bond donors (Lipinski definition) is 1. The Morgan fingerprint density at radius 1 is 1.09 bits per heavy atom.